The van der Waals surface area contributed by atoms with Crippen molar-refractivity contribution < 1.29 is 9.53 Å². The summed E-state index contributed by atoms with van der Waals surface area (Å²) in [6.07, 6.45) is -0.483. The second-order valence-electron chi connectivity index (χ2n) is 4.83. The summed E-state index contributed by atoms with van der Waals surface area (Å²) in [5.74, 6) is 0.464. The van der Waals surface area contributed by atoms with Gasteiger partial charge in [-0.15, -0.1) is 0 Å². The molecule has 5 heteroatoms. The standard InChI is InChI=1S/C16H17N3O2/c1-2-21-16(20)19-15-17-10-14(18-15)13-8-7-11-5-3-4-6-12(11)9-13/h3-9,14H,2,10H2,1H3,(H2,17,18,19,20). The second kappa shape index (κ2) is 5.83. The lowest BCUT2D eigenvalue weighted by atomic mass is 10.0. The van der Waals surface area contributed by atoms with Gasteiger partial charge < -0.3 is 10.1 Å². The number of benzene rings is 2. The molecule has 5 nitrogen and oxygen atoms in total. The van der Waals surface area contributed by atoms with Gasteiger partial charge in [0.15, 0.2) is 0 Å². The number of rotatable bonds is 2. The third-order valence-electron chi connectivity index (χ3n) is 3.40. The summed E-state index contributed by atoms with van der Waals surface area (Å²) < 4.78 is 4.83. The van der Waals surface area contributed by atoms with Crippen LogP contribution in [0.3, 0.4) is 0 Å². The van der Waals surface area contributed by atoms with Crippen molar-refractivity contribution in [1.29, 1.82) is 0 Å². The third kappa shape index (κ3) is 2.97. The smallest absolute Gasteiger partial charge is 0.413 e. The zero-order valence-electron chi connectivity index (χ0n) is 11.8. The highest BCUT2D eigenvalue weighted by molar-refractivity contribution is 5.95. The Bertz CT molecular complexity index is 697. The van der Waals surface area contributed by atoms with Gasteiger partial charge in [-0.1, -0.05) is 36.4 Å². The van der Waals surface area contributed by atoms with E-state index in [0.29, 0.717) is 19.1 Å². The first kappa shape index (κ1) is 13.4. The number of carbonyl (C=O) groups is 1. The van der Waals surface area contributed by atoms with E-state index in [1.165, 1.54) is 10.8 Å². The first-order chi connectivity index (χ1) is 10.3. The van der Waals surface area contributed by atoms with E-state index >= 15 is 0 Å². The fourth-order valence-electron chi connectivity index (χ4n) is 2.39. The number of hydrogen-bond donors (Lipinski definition) is 2. The molecule has 2 aromatic rings. The van der Waals surface area contributed by atoms with Gasteiger partial charge in [-0.25, -0.2) is 9.79 Å². The van der Waals surface area contributed by atoms with E-state index in [2.05, 4.69) is 46.0 Å². The summed E-state index contributed by atoms with van der Waals surface area (Å²) >= 11 is 0. The molecule has 0 radical (unpaired) electrons. The molecule has 108 valence electrons. The molecule has 1 aliphatic rings. The van der Waals surface area contributed by atoms with Gasteiger partial charge in [0.2, 0.25) is 5.96 Å². The zero-order valence-corrected chi connectivity index (χ0v) is 11.8. The van der Waals surface area contributed by atoms with Gasteiger partial charge in [0.1, 0.15) is 0 Å². The van der Waals surface area contributed by atoms with Gasteiger partial charge in [-0.05, 0) is 29.3 Å². The van der Waals surface area contributed by atoms with Crippen molar-refractivity contribution in [3.8, 4) is 0 Å². The van der Waals surface area contributed by atoms with Gasteiger partial charge >= 0.3 is 6.09 Å². The molecular weight excluding hydrogens is 266 g/mol. The number of alkyl carbamates (subject to hydrolysis) is 1. The Kier molecular flexibility index (Phi) is 3.73. The van der Waals surface area contributed by atoms with E-state index in [4.69, 9.17) is 4.74 Å². The van der Waals surface area contributed by atoms with E-state index in [0.717, 1.165) is 5.56 Å². The number of nitrogens with one attached hydrogen (secondary N) is 2. The lowest BCUT2D eigenvalue weighted by Crippen LogP contribution is -2.38. The third-order valence-corrected chi connectivity index (χ3v) is 3.40. The van der Waals surface area contributed by atoms with Crippen molar-refractivity contribution in [1.82, 2.24) is 10.6 Å². The van der Waals surface area contributed by atoms with Crippen LogP contribution in [-0.4, -0.2) is 25.2 Å². The molecule has 0 aliphatic carbocycles. The predicted octanol–water partition coefficient (Wildman–Crippen LogP) is 2.59. The van der Waals surface area contributed by atoms with Crippen LogP contribution >= 0.6 is 0 Å². The molecule has 0 aromatic heterocycles. The minimum Gasteiger partial charge on any atom is -0.450 e. The monoisotopic (exact) mass is 283 g/mol. The number of fused-ring (bicyclic) bond motifs is 1. The van der Waals surface area contributed by atoms with Crippen molar-refractivity contribution in [3.05, 3.63) is 48.0 Å². The highest BCUT2D eigenvalue weighted by Gasteiger charge is 2.20. The average molecular weight is 283 g/mol. The molecule has 1 atom stereocenters. The summed E-state index contributed by atoms with van der Waals surface area (Å²) in [5, 5.41) is 8.08. The lowest BCUT2D eigenvalue weighted by molar-refractivity contribution is 0.157. The van der Waals surface area contributed by atoms with Crippen molar-refractivity contribution in [3.63, 3.8) is 0 Å². The number of carbonyl (C=O) groups excluding carboxylic acids is 1. The van der Waals surface area contributed by atoms with Crippen molar-refractivity contribution >= 4 is 22.8 Å². The maximum atomic E-state index is 11.4. The largest absolute Gasteiger partial charge is 0.450 e. The molecule has 2 N–H and O–H groups in total. The van der Waals surface area contributed by atoms with E-state index < -0.39 is 6.09 Å². The van der Waals surface area contributed by atoms with Gasteiger partial charge in [-0.3, -0.25) is 5.32 Å². The predicted molar refractivity (Wildman–Crippen MR) is 82.3 cm³/mol. The molecular formula is C16H17N3O2. The molecule has 21 heavy (non-hydrogen) atoms. The van der Waals surface area contributed by atoms with Crippen molar-refractivity contribution in [2.45, 2.75) is 13.0 Å². The molecule has 1 aliphatic heterocycles. The number of ether oxygens (including phenoxy) is 1. The van der Waals surface area contributed by atoms with Crippen LogP contribution in [0.4, 0.5) is 4.79 Å². The van der Waals surface area contributed by atoms with Gasteiger partial charge in [-0.2, -0.15) is 0 Å². The van der Waals surface area contributed by atoms with Crippen LogP contribution in [0.25, 0.3) is 10.8 Å². The SMILES string of the molecule is CCOC(=O)NC1=NC(c2ccc3ccccc3c2)CN1. The van der Waals surface area contributed by atoms with E-state index in [1.54, 1.807) is 6.92 Å². The Labute approximate surface area is 123 Å². The molecule has 0 saturated heterocycles. The Morgan fingerprint density at radius 3 is 2.95 bits per heavy atom. The number of guanidine groups is 1. The van der Waals surface area contributed by atoms with Crippen LogP contribution in [0.2, 0.25) is 0 Å². The summed E-state index contributed by atoms with van der Waals surface area (Å²) in [4.78, 5) is 15.8. The Morgan fingerprint density at radius 1 is 1.33 bits per heavy atom. The van der Waals surface area contributed by atoms with Crippen molar-refractivity contribution in [2.75, 3.05) is 13.2 Å². The van der Waals surface area contributed by atoms with Gasteiger partial charge in [0, 0.05) is 6.54 Å². The minimum atomic E-state index is -0.483. The first-order valence-corrected chi connectivity index (χ1v) is 7.00. The maximum Gasteiger partial charge on any atom is 0.413 e. The van der Waals surface area contributed by atoms with Crippen LogP contribution in [0, 0.1) is 0 Å². The Balaban J connectivity index is 1.77. The summed E-state index contributed by atoms with van der Waals surface area (Å²) in [7, 11) is 0. The highest BCUT2D eigenvalue weighted by Crippen LogP contribution is 2.24. The van der Waals surface area contributed by atoms with Crippen LogP contribution in [0.5, 0.6) is 0 Å². The van der Waals surface area contributed by atoms with E-state index in [1.807, 2.05) is 12.1 Å². The zero-order chi connectivity index (χ0) is 14.7. The minimum absolute atomic E-state index is 0.00605. The molecule has 1 amide bonds. The summed E-state index contributed by atoms with van der Waals surface area (Å²) in [6.45, 7) is 2.77. The maximum absolute atomic E-state index is 11.4. The molecule has 0 spiro atoms. The normalized spacial score (nSPS) is 17.2. The summed E-state index contributed by atoms with van der Waals surface area (Å²) in [5.41, 5.74) is 1.13. The fraction of sp³-hybridized carbons (Fsp3) is 0.250. The second-order valence-corrected chi connectivity index (χ2v) is 4.83. The topological polar surface area (TPSA) is 62.7 Å². The molecule has 3 rings (SSSR count). The molecule has 0 fully saturated rings. The number of hydrogen-bond acceptors (Lipinski definition) is 4. The Hall–Kier alpha value is -2.56. The van der Waals surface area contributed by atoms with Crippen molar-refractivity contribution in [2.24, 2.45) is 4.99 Å². The number of nitrogens with zero attached hydrogens (tertiary/aromatic N) is 1. The van der Waals surface area contributed by atoms with Crippen LogP contribution in [0.15, 0.2) is 47.5 Å². The quantitative estimate of drug-likeness (QED) is 0.890. The first-order valence-electron chi connectivity index (χ1n) is 7.00. The molecule has 1 heterocycles. The molecule has 0 saturated carbocycles. The fourth-order valence-corrected chi connectivity index (χ4v) is 2.39. The van der Waals surface area contributed by atoms with Crippen LogP contribution in [-0.2, 0) is 4.74 Å². The van der Waals surface area contributed by atoms with E-state index in [9.17, 15) is 4.79 Å². The Morgan fingerprint density at radius 2 is 2.14 bits per heavy atom. The summed E-state index contributed by atoms with van der Waals surface area (Å²) in [6, 6.07) is 14.5. The van der Waals surface area contributed by atoms with Crippen LogP contribution in [0.1, 0.15) is 18.5 Å². The average Bonchev–Trinajstić information content (AvgIpc) is 2.95. The number of aliphatic imine (C=N–C) groups is 1. The number of amides is 1. The molecule has 1 unspecified atom stereocenters. The molecule has 2 aromatic carbocycles. The molecule has 0 bridgehead atoms. The van der Waals surface area contributed by atoms with E-state index in [-0.39, 0.29) is 6.04 Å². The van der Waals surface area contributed by atoms with Crippen LogP contribution < -0.4 is 10.6 Å². The van der Waals surface area contributed by atoms with Gasteiger partial charge in [0.05, 0.1) is 12.6 Å². The van der Waals surface area contributed by atoms with Gasteiger partial charge in [0.25, 0.3) is 0 Å². The lowest BCUT2D eigenvalue weighted by Gasteiger charge is -2.07. The highest BCUT2D eigenvalue weighted by atomic mass is 16.5.